The maximum atomic E-state index is 13.3. The van der Waals surface area contributed by atoms with Crippen LogP contribution in [0.3, 0.4) is 0 Å². The first-order valence-electron chi connectivity index (χ1n) is 15.4. The lowest BCUT2D eigenvalue weighted by Gasteiger charge is -2.41. The Bertz CT molecular complexity index is 1440. The number of aryl methyl sites for hydroxylation is 1. The third-order valence-corrected chi connectivity index (χ3v) is 9.36. The molecule has 2 aromatic carbocycles. The molecular formula is C33H42FN7O. The van der Waals surface area contributed by atoms with Crippen LogP contribution in [0.15, 0.2) is 36.4 Å². The van der Waals surface area contributed by atoms with Gasteiger partial charge in [-0.2, -0.15) is 15.2 Å². The van der Waals surface area contributed by atoms with E-state index in [-0.39, 0.29) is 6.04 Å². The summed E-state index contributed by atoms with van der Waals surface area (Å²) in [5.41, 5.74) is 4.70. The van der Waals surface area contributed by atoms with Gasteiger partial charge in [0.15, 0.2) is 0 Å². The molecule has 2 fully saturated rings. The van der Waals surface area contributed by atoms with Crippen molar-refractivity contribution in [1.82, 2.24) is 19.8 Å². The minimum Gasteiger partial charge on any atom is -0.462 e. The smallest absolute Gasteiger partial charge is 0.318 e. The van der Waals surface area contributed by atoms with Gasteiger partial charge in [-0.15, -0.1) is 0 Å². The number of nitrogens with zero attached hydrogens (tertiary/aromatic N) is 7. The summed E-state index contributed by atoms with van der Waals surface area (Å²) in [7, 11) is 2.15. The molecule has 4 heterocycles. The van der Waals surface area contributed by atoms with Gasteiger partial charge in [-0.3, -0.25) is 4.90 Å². The number of benzene rings is 2. The van der Waals surface area contributed by atoms with Gasteiger partial charge >= 0.3 is 6.01 Å². The largest absolute Gasteiger partial charge is 0.462 e. The summed E-state index contributed by atoms with van der Waals surface area (Å²) >= 11 is 0. The van der Waals surface area contributed by atoms with E-state index in [1.165, 1.54) is 34.0 Å². The Morgan fingerprint density at radius 1 is 1.02 bits per heavy atom. The molecule has 8 nitrogen and oxygen atoms in total. The van der Waals surface area contributed by atoms with E-state index in [0.717, 1.165) is 50.4 Å². The molecule has 3 aliphatic heterocycles. The van der Waals surface area contributed by atoms with E-state index in [0.29, 0.717) is 51.3 Å². The van der Waals surface area contributed by atoms with E-state index in [2.05, 4.69) is 76.0 Å². The van der Waals surface area contributed by atoms with Gasteiger partial charge in [-0.25, -0.2) is 4.39 Å². The monoisotopic (exact) mass is 571 g/mol. The predicted molar refractivity (Wildman–Crippen MR) is 165 cm³/mol. The zero-order valence-electron chi connectivity index (χ0n) is 24.9. The van der Waals surface area contributed by atoms with Crippen LogP contribution in [0.2, 0.25) is 0 Å². The Balaban J connectivity index is 1.35. The van der Waals surface area contributed by atoms with E-state index in [1.807, 2.05) is 0 Å². The number of likely N-dealkylation sites (N-methyl/N-ethyl adjacent to an activating group) is 1. The summed E-state index contributed by atoms with van der Waals surface area (Å²) in [5, 5.41) is 12.1. The number of aromatic nitrogens is 2. The number of anilines is 2. The van der Waals surface area contributed by atoms with Gasteiger partial charge in [0.05, 0.1) is 24.7 Å². The molecule has 2 saturated heterocycles. The van der Waals surface area contributed by atoms with Gasteiger partial charge in [0.25, 0.3) is 0 Å². The fourth-order valence-electron chi connectivity index (χ4n) is 7.04. The van der Waals surface area contributed by atoms with Gasteiger partial charge in [-0.1, -0.05) is 30.3 Å². The van der Waals surface area contributed by atoms with Crippen LogP contribution in [0.25, 0.3) is 10.8 Å². The molecular weight excluding hydrogens is 529 g/mol. The highest BCUT2D eigenvalue weighted by Crippen LogP contribution is 2.35. The van der Waals surface area contributed by atoms with Crippen LogP contribution in [0.4, 0.5) is 15.9 Å². The van der Waals surface area contributed by atoms with Crippen LogP contribution < -0.4 is 14.5 Å². The summed E-state index contributed by atoms with van der Waals surface area (Å²) in [6.45, 7) is 7.51. The van der Waals surface area contributed by atoms with E-state index < -0.39 is 6.67 Å². The van der Waals surface area contributed by atoms with Crippen LogP contribution in [-0.2, 0) is 13.0 Å². The topological polar surface area (TPSA) is 71.8 Å². The van der Waals surface area contributed by atoms with Crippen LogP contribution in [-0.4, -0.2) is 91.4 Å². The van der Waals surface area contributed by atoms with E-state index >= 15 is 0 Å². The standard InChI is InChI=1S/C33H42FN7O/c1-24-7-3-8-25-9-4-12-30(31(24)25)40-17-6-11-28-29(22-40)36-33(42-23-27-10-5-16-38(27)2)37-32(28)41-20-19-39(18-14-34)26(21-41)13-15-35/h3-4,7-9,12,26-27H,5-6,10-11,13-14,16-23H2,1-2H3/t26-,27-/m0/s1. The quantitative estimate of drug-likeness (QED) is 0.384. The van der Waals surface area contributed by atoms with Crippen molar-refractivity contribution in [2.75, 3.05) is 69.4 Å². The summed E-state index contributed by atoms with van der Waals surface area (Å²) in [6.07, 6.45) is 4.54. The summed E-state index contributed by atoms with van der Waals surface area (Å²) in [6, 6.07) is 16.1. The highest BCUT2D eigenvalue weighted by atomic mass is 19.1. The van der Waals surface area contributed by atoms with Crippen molar-refractivity contribution >= 4 is 22.3 Å². The molecule has 222 valence electrons. The van der Waals surface area contributed by atoms with Crippen molar-refractivity contribution in [3.8, 4) is 12.1 Å². The minimum atomic E-state index is -0.401. The highest BCUT2D eigenvalue weighted by molar-refractivity contribution is 5.96. The number of fused-ring (bicyclic) bond motifs is 2. The number of rotatable bonds is 8. The Morgan fingerprint density at radius 2 is 1.88 bits per heavy atom. The average molecular weight is 572 g/mol. The SMILES string of the molecule is Cc1cccc2cccc(N3CCCc4c(nc(OC[C@@H]5CCCN5C)nc4N4CCN(CCF)[C@@H](CC#N)C4)C3)c12. The number of ether oxygens (including phenoxy) is 1. The first kappa shape index (κ1) is 28.6. The molecule has 42 heavy (non-hydrogen) atoms. The van der Waals surface area contributed by atoms with E-state index in [1.54, 1.807) is 0 Å². The predicted octanol–water partition coefficient (Wildman–Crippen LogP) is 4.74. The van der Waals surface area contributed by atoms with Crippen LogP contribution in [0, 0.1) is 18.3 Å². The molecule has 0 unspecified atom stereocenters. The second-order valence-corrected chi connectivity index (χ2v) is 12.0. The van der Waals surface area contributed by atoms with Crippen LogP contribution in [0.1, 0.15) is 42.5 Å². The van der Waals surface area contributed by atoms with Crippen molar-refractivity contribution in [2.24, 2.45) is 0 Å². The molecule has 3 aliphatic rings. The summed E-state index contributed by atoms with van der Waals surface area (Å²) in [4.78, 5) is 19.3. The zero-order chi connectivity index (χ0) is 29.1. The Labute approximate surface area is 248 Å². The number of nitriles is 1. The molecule has 6 rings (SSSR count). The first-order chi connectivity index (χ1) is 20.6. The average Bonchev–Trinajstić information content (AvgIpc) is 3.28. The normalized spacial score (nSPS) is 21.8. The number of likely N-dealkylation sites (tertiary alicyclic amines) is 1. The number of alkyl halides is 1. The van der Waals surface area contributed by atoms with Crippen molar-refractivity contribution in [3.05, 3.63) is 53.2 Å². The molecule has 0 radical (unpaired) electrons. The second kappa shape index (κ2) is 12.8. The fraction of sp³-hybridized carbons (Fsp3) is 0.545. The van der Waals surface area contributed by atoms with Crippen molar-refractivity contribution < 1.29 is 9.13 Å². The van der Waals surface area contributed by atoms with Gasteiger partial charge in [-0.05, 0) is 63.2 Å². The van der Waals surface area contributed by atoms with Crippen molar-refractivity contribution in [2.45, 2.75) is 57.7 Å². The number of halogens is 1. The highest BCUT2D eigenvalue weighted by Gasteiger charge is 2.32. The van der Waals surface area contributed by atoms with E-state index in [9.17, 15) is 9.65 Å². The van der Waals surface area contributed by atoms with Gasteiger partial charge in [0.1, 0.15) is 19.1 Å². The van der Waals surface area contributed by atoms with Gasteiger partial charge < -0.3 is 19.4 Å². The summed E-state index contributed by atoms with van der Waals surface area (Å²) in [5.74, 6) is 0.925. The first-order valence-corrected chi connectivity index (χ1v) is 15.4. The molecule has 3 aromatic rings. The molecule has 1 aromatic heterocycles. The molecule has 0 saturated carbocycles. The molecule has 0 bridgehead atoms. The maximum Gasteiger partial charge on any atom is 0.318 e. The number of hydrogen-bond donors (Lipinski definition) is 0. The Morgan fingerprint density at radius 3 is 2.67 bits per heavy atom. The van der Waals surface area contributed by atoms with E-state index in [4.69, 9.17) is 14.7 Å². The van der Waals surface area contributed by atoms with Gasteiger partial charge in [0.2, 0.25) is 0 Å². The third kappa shape index (κ3) is 5.88. The van der Waals surface area contributed by atoms with Crippen molar-refractivity contribution in [1.29, 1.82) is 5.26 Å². The Hall–Kier alpha value is -3.48. The third-order valence-electron chi connectivity index (χ3n) is 9.36. The summed E-state index contributed by atoms with van der Waals surface area (Å²) < 4.78 is 19.6. The number of hydrogen-bond acceptors (Lipinski definition) is 8. The lowest BCUT2D eigenvalue weighted by Crippen LogP contribution is -2.54. The molecule has 0 N–H and O–H groups in total. The fourth-order valence-corrected chi connectivity index (χ4v) is 7.04. The zero-order valence-corrected chi connectivity index (χ0v) is 24.9. The van der Waals surface area contributed by atoms with Crippen LogP contribution in [0.5, 0.6) is 6.01 Å². The van der Waals surface area contributed by atoms with Gasteiger partial charge in [0, 0.05) is 61.4 Å². The lowest BCUT2D eigenvalue weighted by atomic mass is 10.0. The number of piperazine rings is 1. The van der Waals surface area contributed by atoms with Crippen molar-refractivity contribution in [3.63, 3.8) is 0 Å². The molecule has 0 aliphatic carbocycles. The maximum absolute atomic E-state index is 13.3. The molecule has 0 amide bonds. The lowest BCUT2D eigenvalue weighted by molar-refractivity contribution is 0.164. The molecule has 0 spiro atoms. The van der Waals surface area contributed by atoms with Crippen LogP contribution >= 0.6 is 0 Å². The Kier molecular flexibility index (Phi) is 8.73. The minimum absolute atomic E-state index is 0.0254. The molecule has 9 heteroatoms. The second-order valence-electron chi connectivity index (χ2n) is 12.0. The molecule has 2 atom stereocenters.